The maximum absolute atomic E-state index is 12.4. The molecular formula is C21H21ClN2O3S. The van der Waals surface area contributed by atoms with Crippen molar-refractivity contribution in [3.63, 3.8) is 0 Å². The van der Waals surface area contributed by atoms with Gasteiger partial charge in [-0.1, -0.05) is 66.2 Å². The smallest absolute Gasteiger partial charge is 0.235 e. The molecule has 1 N–H and O–H groups in total. The Hall–Kier alpha value is -2.41. The van der Waals surface area contributed by atoms with E-state index in [4.69, 9.17) is 11.6 Å². The van der Waals surface area contributed by atoms with Crippen LogP contribution in [0.4, 0.5) is 0 Å². The zero-order valence-electron chi connectivity index (χ0n) is 15.4. The number of carbonyl (C=O) groups excluding carboxylic acids is 1. The summed E-state index contributed by atoms with van der Waals surface area (Å²) in [6.07, 6.45) is 1.10. The molecule has 0 aliphatic heterocycles. The fourth-order valence-electron chi connectivity index (χ4n) is 2.94. The maximum Gasteiger partial charge on any atom is 0.235 e. The first kappa shape index (κ1) is 20.3. The van der Waals surface area contributed by atoms with Crippen LogP contribution in [0.3, 0.4) is 0 Å². The van der Waals surface area contributed by atoms with Crippen LogP contribution in [0.25, 0.3) is 10.8 Å². The summed E-state index contributed by atoms with van der Waals surface area (Å²) in [4.78, 5) is 12.4. The van der Waals surface area contributed by atoms with Gasteiger partial charge in [-0.2, -0.15) is 4.31 Å². The number of sulfonamides is 1. The lowest BCUT2D eigenvalue weighted by Gasteiger charge is -2.20. The highest BCUT2D eigenvalue weighted by Gasteiger charge is 2.20. The van der Waals surface area contributed by atoms with E-state index in [2.05, 4.69) is 5.32 Å². The molecule has 3 aromatic rings. The van der Waals surface area contributed by atoms with E-state index in [-0.39, 0.29) is 19.0 Å². The molecule has 0 radical (unpaired) electrons. The fraction of sp³-hybridized carbons (Fsp3) is 0.190. The normalized spacial score (nSPS) is 11.7. The van der Waals surface area contributed by atoms with E-state index in [1.807, 2.05) is 42.5 Å². The van der Waals surface area contributed by atoms with E-state index in [1.54, 1.807) is 24.3 Å². The first-order valence-electron chi connectivity index (χ1n) is 8.76. The largest absolute Gasteiger partial charge is 0.351 e. The molecule has 146 valence electrons. The Morgan fingerprint density at radius 1 is 1.00 bits per heavy atom. The van der Waals surface area contributed by atoms with Crippen molar-refractivity contribution in [2.24, 2.45) is 0 Å². The Bertz CT molecular complexity index is 1080. The second-order valence-electron chi connectivity index (χ2n) is 6.57. The van der Waals surface area contributed by atoms with Crippen LogP contribution in [-0.4, -0.2) is 31.4 Å². The minimum atomic E-state index is -3.55. The van der Waals surface area contributed by atoms with Gasteiger partial charge in [0.05, 0.1) is 12.8 Å². The van der Waals surface area contributed by atoms with Crippen LogP contribution in [0, 0.1) is 0 Å². The molecule has 3 aromatic carbocycles. The first-order chi connectivity index (χ1) is 13.3. The van der Waals surface area contributed by atoms with Crippen molar-refractivity contribution in [2.45, 2.75) is 13.1 Å². The molecule has 0 bridgehead atoms. The molecule has 0 atom stereocenters. The van der Waals surface area contributed by atoms with Crippen molar-refractivity contribution in [3.05, 3.63) is 82.9 Å². The number of nitrogens with zero attached hydrogens (tertiary/aromatic N) is 1. The van der Waals surface area contributed by atoms with Crippen molar-refractivity contribution < 1.29 is 13.2 Å². The topological polar surface area (TPSA) is 66.5 Å². The summed E-state index contributed by atoms with van der Waals surface area (Å²) in [5, 5.41) is 5.55. The van der Waals surface area contributed by atoms with Crippen LogP contribution < -0.4 is 5.32 Å². The zero-order valence-corrected chi connectivity index (χ0v) is 17.0. The number of amides is 1. The zero-order chi connectivity index (χ0) is 20.1. The molecule has 0 saturated carbocycles. The first-order valence-corrected chi connectivity index (χ1v) is 11.0. The lowest BCUT2D eigenvalue weighted by atomic mass is 10.0. The summed E-state index contributed by atoms with van der Waals surface area (Å²) in [6, 6.07) is 20.7. The molecule has 0 heterocycles. The van der Waals surface area contributed by atoms with Crippen LogP contribution in [0.5, 0.6) is 0 Å². The predicted octanol–water partition coefficient (Wildman–Crippen LogP) is 3.57. The van der Waals surface area contributed by atoms with Gasteiger partial charge >= 0.3 is 0 Å². The minimum Gasteiger partial charge on any atom is -0.351 e. The second kappa shape index (κ2) is 8.73. The molecule has 5 nitrogen and oxygen atoms in total. The molecule has 0 aliphatic carbocycles. The molecule has 3 rings (SSSR count). The number of nitrogens with one attached hydrogen (secondary N) is 1. The van der Waals surface area contributed by atoms with Crippen LogP contribution in [-0.2, 0) is 27.9 Å². The van der Waals surface area contributed by atoms with Crippen molar-refractivity contribution in [1.29, 1.82) is 0 Å². The molecule has 28 heavy (non-hydrogen) atoms. The number of hydrogen-bond donors (Lipinski definition) is 1. The molecule has 0 saturated heterocycles. The molecule has 0 fully saturated rings. The maximum atomic E-state index is 12.4. The Morgan fingerprint density at radius 2 is 1.68 bits per heavy atom. The van der Waals surface area contributed by atoms with Crippen LogP contribution in [0.15, 0.2) is 66.7 Å². The number of fused-ring (bicyclic) bond motifs is 1. The highest BCUT2D eigenvalue weighted by Crippen LogP contribution is 2.18. The van der Waals surface area contributed by atoms with Gasteiger partial charge in [-0.3, -0.25) is 4.79 Å². The van der Waals surface area contributed by atoms with Gasteiger partial charge in [0.1, 0.15) is 0 Å². The number of rotatable bonds is 7. The van der Waals surface area contributed by atoms with E-state index < -0.39 is 10.0 Å². The van der Waals surface area contributed by atoms with Crippen LogP contribution in [0.1, 0.15) is 11.1 Å². The van der Waals surface area contributed by atoms with Crippen molar-refractivity contribution in [3.8, 4) is 0 Å². The quantitative estimate of drug-likeness (QED) is 0.640. The monoisotopic (exact) mass is 416 g/mol. The highest BCUT2D eigenvalue weighted by atomic mass is 35.5. The van der Waals surface area contributed by atoms with Gasteiger partial charge in [-0.05, 0) is 34.0 Å². The summed E-state index contributed by atoms with van der Waals surface area (Å²) in [5.74, 6) is -0.354. The van der Waals surface area contributed by atoms with Gasteiger partial charge in [-0.25, -0.2) is 8.42 Å². The van der Waals surface area contributed by atoms with E-state index in [0.29, 0.717) is 11.6 Å². The van der Waals surface area contributed by atoms with Gasteiger partial charge in [0.25, 0.3) is 0 Å². The van der Waals surface area contributed by atoms with Crippen LogP contribution >= 0.6 is 11.6 Å². The molecule has 0 spiro atoms. The molecule has 1 amide bonds. The van der Waals surface area contributed by atoms with Gasteiger partial charge in [0, 0.05) is 18.1 Å². The number of carbonyl (C=O) groups is 1. The summed E-state index contributed by atoms with van der Waals surface area (Å²) >= 11 is 5.87. The number of halogens is 1. The van der Waals surface area contributed by atoms with Gasteiger partial charge in [0.2, 0.25) is 15.9 Å². The molecular weight excluding hydrogens is 396 g/mol. The lowest BCUT2D eigenvalue weighted by molar-refractivity contribution is -0.121. The van der Waals surface area contributed by atoms with Gasteiger partial charge in [0.15, 0.2) is 0 Å². The summed E-state index contributed by atoms with van der Waals surface area (Å²) in [5.41, 5.74) is 1.74. The Kier molecular flexibility index (Phi) is 6.34. The molecule has 0 unspecified atom stereocenters. The second-order valence-corrected chi connectivity index (χ2v) is 8.99. The van der Waals surface area contributed by atoms with E-state index in [1.165, 1.54) is 0 Å². The Labute approximate surface area is 170 Å². The summed E-state index contributed by atoms with van der Waals surface area (Å²) < 4.78 is 25.4. The van der Waals surface area contributed by atoms with Crippen molar-refractivity contribution in [2.75, 3.05) is 12.8 Å². The van der Waals surface area contributed by atoms with E-state index in [0.717, 1.165) is 32.5 Å². The Balaban J connectivity index is 1.67. The standard InChI is InChI=1S/C21H21ClN2O3S/c1-28(26,27)24(14-16-9-11-19(22)12-10-16)15-21(25)23-13-18-7-4-6-17-5-2-3-8-20(17)18/h2-12H,13-15H2,1H3,(H,23,25). The van der Waals surface area contributed by atoms with Crippen molar-refractivity contribution >= 4 is 38.3 Å². The lowest BCUT2D eigenvalue weighted by Crippen LogP contribution is -2.39. The average molecular weight is 417 g/mol. The minimum absolute atomic E-state index is 0.109. The van der Waals surface area contributed by atoms with Gasteiger partial charge < -0.3 is 5.32 Å². The SMILES string of the molecule is CS(=O)(=O)N(CC(=O)NCc1cccc2ccccc12)Cc1ccc(Cl)cc1. The summed E-state index contributed by atoms with van der Waals surface area (Å²) in [7, 11) is -3.55. The van der Waals surface area contributed by atoms with E-state index in [9.17, 15) is 13.2 Å². The third-order valence-corrected chi connectivity index (χ3v) is 5.87. The third-order valence-electron chi connectivity index (χ3n) is 4.42. The molecule has 0 aromatic heterocycles. The van der Waals surface area contributed by atoms with Crippen LogP contribution in [0.2, 0.25) is 5.02 Å². The number of benzene rings is 3. The highest BCUT2D eigenvalue weighted by molar-refractivity contribution is 7.88. The Morgan fingerprint density at radius 3 is 2.39 bits per heavy atom. The fourth-order valence-corrected chi connectivity index (χ4v) is 3.80. The molecule has 7 heteroatoms. The molecule has 0 aliphatic rings. The van der Waals surface area contributed by atoms with Gasteiger partial charge in [-0.15, -0.1) is 0 Å². The number of hydrogen-bond acceptors (Lipinski definition) is 3. The average Bonchev–Trinajstić information content (AvgIpc) is 2.66. The van der Waals surface area contributed by atoms with Crippen molar-refractivity contribution in [1.82, 2.24) is 9.62 Å². The third kappa shape index (κ3) is 5.32. The summed E-state index contributed by atoms with van der Waals surface area (Å²) in [6.45, 7) is 0.197. The predicted molar refractivity (Wildman–Crippen MR) is 113 cm³/mol. The van der Waals surface area contributed by atoms with E-state index >= 15 is 0 Å².